The Kier molecular flexibility index (Phi) is 5.10. The number of carbonyl (C=O) groups is 1. The van der Waals surface area contributed by atoms with Crippen LogP contribution in [0.2, 0.25) is 0 Å². The lowest BCUT2D eigenvalue weighted by Crippen LogP contribution is -2.23. The van der Waals surface area contributed by atoms with Crippen molar-refractivity contribution in [1.82, 2.24) is 15.5 Å². The highest BCUT2D eigenvalue weighted by atomic mass is 16.5. The van der Waals surface area contributed by atoms with Crippen LogP contribution in [-0.2, 0) is 11.3 Å². The Morgan fingerprint density at radius 1 is 1.25 bits per heavy atom. The summed E-state index contributed by atoms with van der Waals surface area (Å²) >= 11 is 0. The first-order chi connectivity index (χ1) is 11.6. The largest absolute Gasteiger partial charge is 0.381 e. The molecule has 2 heterocycles. The maximum Gasteiger partial charge on any atom is 0.251 e. The van der Waals surface area contributed by atoms with Gasteiger partial charge < -0.3 is 19.5 Å². The molecular formula is C17H22N4O3. The summed E-state index contributed by atoms with van der Waals surface area (Å²) in [6, 6.07) is 7.41. The molecule has 7 nitrogen and oxygen atoms in total. The van der Waals surface area contributed by atoms with Crippen LogP contribution in [-0.4, -0.2) is 43.4 Å². The fourth-order valence-electron chi connectivity index (χ4n) is 2.63. The summed E-state index contributed by atoms with van der Waals surface area (Å²) in [5.74, 6) is 1.25. The standard InChI is InChI=1S/C17H22N4O3/c1-21(2)14-5-3-13(4-6-14)17(22)18-11-15-19-16(20-24-15)12-7-9-23-10-8-12/h3-6,12H,7-11H2,1-2H3,(H,18,22). The molecular weight excluding hydrogens is 308 g/mol. The molecule has 1 aromatic carbocycles. The van der Waals surface area contributed by atoms with Crippen molar-refractivity contribution in [3.8, 4) is 0 Å². The minimum Gasteiger partial charge on any atom is -0.381 e. The van der Waals surface area contributed by atoms with Crippen molar-refractivity contribution in [2.24, 2.45) is 0 Å². The molecule has 1 aliphatic heterocycles. The number of amides is 1. The summed E-state index contributed by atoms with van der Waals surface area (Å²) in [4.78, 5) is 18.5. The molecule has 128 valence electrons. The highest BCUT2D eigenvalue weighted by molar-refractivity contribution is 5.94. The zero-order valence-corrected chi connectivity index (χ0v) is 14.0. The van der Waals surface area contributed by atoms with Gasteiger partial charge in [-0.05, 0) is 37.1 Å². The first kappa shape index (κ1) is 16.4. The molecule has 0 unspecified atom stereocenters. The Bertz CT molecular complexity index is 675. The number of anilines is 1. The van der Waals surface area contributed by atoms with E-state index in [9.17, 15) is 4.79 Å². The van der Waals surface area contributed by atoms with Crippen LogP contribution in [0.1, 0.15) is 40.8 Å². The van der Waals surface area contributed by atoms with Gasteiger partial charge in [0.15, 0.2) is 5.82 Å². The van der Waals surface area contributed by atoms with Crippen LogP contribution in [0.4, 0.5) is 5.69 Å². The third kappa shape index (κ3) is 3.91. The molecule has 1 fully saturated rings. The highest BCUT2D eigenvalue weighted by Crippen LogP contribution is 2.24. The summed E-state index contributed by atoms with van der Waals surface area (Å²) in [6.45, 7) is 1.69. The molecule has 24 heavy (non-hydrogen) atoms. The van der Waals surface area contributed by atoms with Crippen molar-refractivity contribution < 1.29 is 14.1 Å². The topological polar surface area (TPSA) is 80.5 Å². The van der Waals surface area contributed by atoms with Crippen LogP contribution >= 0.6 is 0 Å². The number of carbonyl (C=O) groups excluding carboxylic acids is 1. The van der Waals surface area contributed by atoms with Gasteiger partial charge in [0.25, 0.3) is 5.91 Å². The fourth-order valence-corrected chi connectivity index (χ4v) is 2.63. The van der Waals surface area contributed by atoms with Gasteiger partial charge in [-0.2, -0.15) is 4.98 Å². The number of aromatic nitrogens is 2. The van der Waals surface area contributed by atoms with E-state index in [0.717, 1.165) is 31.7 Å². The maximum atomic E-state index is 12.2. The van der Waals surface area contributed by atoms with Crippen molar-refractivity contribution >= 4 is 11.6 Å². The van der Waals surface area contributed by atoms with Crippen molar-refractivity contribution in [2.45, 2.75) is 25.3 Å². The van der Waals surface area contributed by atoms with Crippen molar-refractivity contribution in [3.05, 3.63) is 41.5 Å². The van der Waals surface area contributed by atoms with Gasteiger partial charge in [0, 0.05) is 44.5 Å². The van der Waals surface area contributed by atoms with E-state index >= 15 is 0 Å². The molecule has 0 bridgehead atoms. The van der Waals surface area contributed by atoms with E-state index in [4.69, 9.17) is 9.26 Å². The first-order valence-corrected chi connectivity index (χ1v) is 8.09. The van der Waals surface area contributed by atoms with Gasteiger partial charge in [0.05, 0.1) is 6.54 Å². The number of hydrogen-bond acceptors (Lipinski definition) is 6. The van der Waals surface area contributed by atoms with Crippen LogP contribution in [0.5, 0.6) is 0 Å². The molecule has 7 heteroatoms. The number of rotatable bonds is 5. The van der Waals surface area contributed by atoms with E-state index < -0.39 is 0 Å². The minimum atomic E-state index is -0.161. The summed E-state index contributed by atoms with van der Waals surface area (Å²) in [5.41, 5.74) is 1.65. The quantitative estimate of drug-likeness (QED) is 0.903. The SMILES string of the molecule is CN(C)c1ccc(C(=O)NCc2nc(C3CCOCC3)no2)cc1. The van der Waals surface area contributed by atoms with E-state index in [1.807, 2.05) is 31.1 Å². The summed E-state index contributed by atoms with van der Waals surface area (Å²) in [6.07, 6.45) is 1.81. The Labute approximate surface area is 141 Å². The molecule has 0 aliphatic carbocycles. The number of nitrogens with zero attached hydrogens (tertiary/aromatic N) is 3. The molecule has 0 radical (unpaired) electrons. The van der Waals surface area contributed by atoms with Gasteiger partial charge in [0.1, 0.15) is 0 Å². The summed E-state index contributed by atoms with van der Waals surface area (Å²) in [5, 5.41) is 6.83. The molecule has 0 atom stereocenters. The molecule has 0 spiro atoms. The Morgan fingerprint density at radius 3 is 2.62 bits per heavy atom. The minimum absolute atomic E-state index is 0.161. The highest BCUT2D eigenvalue weighted by Gasteiger charge is 2.21. The summed E-state index contributed by atoms with van der Waals surface area (Å²) < 4.78 is 10.6. The summed E-state index contributed by atoms with van der Waals surface area (Å²) in [7, 11) is 3.92. The van der Waals surface area contributed by atoms with E-state index in [1.54, 1.807) is 12.1 Å². The van der Waals surface area contributed by atoms with Gasteiger partial charge in [0.2, 0.25) is 5.89 Å². The van der Waals surface area contributed by atoms with Gasteiger partial charge in [-0.15, -0.1) is 0 Å². The maximum absolute atomic E-state index is 12.2. The second kappa shape index (κ2) is 7.44. The predicted molar refractivity (Wildman–Crippen MR) is 89.0 cm³/mol. The molecule has 0 saturated carbocycles. The number of hydrogen-bond donors (Lipinski definition) is 1. The lowest BCUT2D eigenvalue weighted by atomic mass is 10.00. The predicted octanol–water partition coefficient (Wildman–Crippen LogP) is 1.96. The monoisotopic (exact) mass is 330 g/mol. The molecule has 1 amide bonds. The van der Waals surface area contributed by atoms with E-state index in [2.05, 4.69) is 15.5 Å². The van der Waals surface area contributed by atoms with Crippen molar-refractivity contribution in [2.75, 3.05) is 32.2 Å². The van der Waals surface area contributed by atoms with Crippen molar-refractivity contribution in [3.63, 3.8) is 0 Å². The molecule has 1 saturated heterocycles. The molecule has 1 aliphatic rings. The van der Waals surface area contributed by atoms with Gasteiger partial charge in [-0.25, -0.2) is 0 Å². The fraction of sp³-hybridized carbons (Fsp3) is 0.471. The molecule has 1 aromatic heterocycles. The van der Waals surface area contributed by atoms with Crippen LogP contribution < -0.4 is 10.2 Å². The lowest BCUT2D eigenvalue weighted by molar-refractivity contribution is 0.0830. The average molecular weight is 330 g/mol. The van der Waals surface area contributed by atoms with Crippen LogP contribution in [0.15, 0.2) is 28.8 Å². The number of benzene rings is 1. The van der Waals surface area contributed by atoms with Crippen LogP contribution in [0, 0.1) is 0 Å². The second-order valence-corrected chi connectivity index (χ2v) is 6.06. The zero-order chi connectivity index (χ0) is 16.9. The van der Waals surface area contributed by atoms with Crippen molar-refractivity contribution in [1.29, 1.82) is 0 Å². The van der Waals surface area contributed by atoms with E-state index in [1.165, 1.54) is 0 Å². The Morgan fingerprint density at radius 2 is 1.96 bits per heavy atom. The van der Waals surface area contributed by atoms with E-state index in [0.29, 0.717) is 17.3 Å². The van der Waals surface area contributed by atoms with Gasteiger partial charge in [-0.3, -0.25) is 4.79 Å². The average Bonchev–Trinajstić information content (AvgIpc) is 3.09. The first-order valence-electron chi connectivity index (χ1n) is 8.09. The Hall–Kier alpha value is -2.41. The normalized spacial score (nSPS) is 15.2. The number of ether oxygens (including phenoxy) is 1. The molecule has 1 N–H and O–H groups in total. The third-order valence-electron chi connectivity index (χ3n) is 4.12. The van der Waals surface area contributed by atoms with E-state index in [-0.39, 0.29) is 18.4 Å². The van der Waals surface area contributed by atoms with Gasteiger partial charge in [-0.1, -0.05) is 5.16 Å². The zero-order valence-electron chi connectivity index (χ0n) is 14.0. The second-order valence-electron chi connectivity index (χ2n) is 6.06. The number of nitrogens with one attached hydrogen (secondary N) is 1. The van der Waals surface area contributed by atoms with Crippen LogP contribution in [0.25, 0.3) is 0 Å². The molecule has 3 rings (SSSR count). The lowest BCUT2D eigenvalue weighted by Gasteiger charge is -2.18. The Balaban J connectivity index is 1.55. The molecule has 2 aromatic rings. The smallest absolute Gasteiger partial charge is 0.251 e. The third-order valence-corrected chi connectivity index (χ3v) is 4.12. The van der Waals surface area contributed by atoms with Gasteiger partial charge >= 0.3 is 0 Å². The van der Waals surface area contributed by atoms with Crippen LogP contribution in [0.3, 0.4) is 0 Å².